The van der Waals surface area contributed by atoms with Crippen LogP contribution in [0.4, 0.5) is 4.39 Å². The lowest BCUT2D eigenvalue weighted by molar-refractivity contribution is 0.440. The molecule has 0 spiro atoms. The van der Waals surface area contributed by atoms with Gasteiger partial charge in [0.1, 0.15) is 5.75 Å². The molecule has 2 N–H and O–H groups in total. The zero-order valence-corrected chi connectivity index (χ0v) is 16.7. The molecular formula is C21H23FN4OS. The molecule has 0 saturated heterocycles. The van der Waals surface area contributed by atoms with Crippen molar-refractivity contribution in [1.82, 2.24) is 15.6 Å². The summed E-state index contributed by atoms with van der Waals surface area (Å²) in [5, 5.41) is 8.59. The van der Waals surface area contributed by atoms with Gasteiger partial charge in [0.2, 0.25) is 0 Å². The Bertz CT molecular complexity index is 900. The van der Waals surface area contributed by atoms with Gasteiger partial charge in [-0.15, -0.1) is 11.3 Å². The Labute approximate surface area is 168 Å². The maximum absolute atomic E-state index is 14.3. The van der Waals surface area contributed by atoms with Crippen LogP contribution in [-0.4, -0.2) is 24.5 Å². The molecule has 5 nitrogen and oxygen atoms in total. The van der Waals surface area contributed by atoms with Gasteiger partial charge in [-0.25, -0.2) is 4.39 Å². The molecule has 2 aromatic heterocycles. The SMILES string of the molecule is CN=C(NCc1ccc(Oc2cccnc2)c(F)c1)NCC(C)c1cccs1. The maximum Gasteiger partial charge on any atom is 0.191 e. The second-order valence-corrected chi connectivity index (χ2v) is 7.26. The standard InChI is InChI=1S/C21H23FN4OS/c1-15(20-6-4-10-28-20)12-25-21(23-2)26-13-16-7-8-19(18(22)11-16)27-17-5-3-9-24-14-17/h3-11,14-15H,12-13H2,1-2H3,(H2,23,25,26). The first-order valence-corrected chi connectivity index (χ1v) is 9.88. The molecule has 1 aromatic carbocycles. The Hall–Kier alpha value is -2.93. The van der Waals surface area contributed by atoms with Crippen molar-refractivity contribution in [2.24, 2.45) is 4.99 Å². The second kappa shape index (κ2) is 9.85. The average molecular weight is 399 g/mol. The molecule has 0 aliphatic carbocycles. The number of thiophene rings is 1. The number of hydrogen-bond acceptors (Lipinski definition) is 4. The summed E-state index contributed by atoms with van der Waals surface area (Å²) in [7, 11) is 1.72. The lowest BCUT2D eigenvalue weighted by Crippen LogP contribution is -2.38. The number of pyridine rings is 1. The van der Waals surface area contributed by atoms with E-state index in [0.29, 0.717) is 24.2 Å². The Kier molecular flexibility index (Phi) is 6.97. The van der Waals surface area contributed by atoms with E-state index in [1.165, 1.54) is 10.9 Å². The third-order valence-electron chi connectivity index (χ3n) is 4.15. The number of hydrogen-bond donors (Lipinski definition) is 2. The van der Waals surface area contributed by atoms with Crippen LogP contribution in [-0.2, 0) is 6.54 Å². The number of nitrogens with zero attached hydrogens (tertiary/aromatic N) is 2. The fourth-order valence-corrected chi connectivity index (χ4v) is 3.39. The van der Waals surface area contributed by atoms with Gasteiger partial charge in [0.25, 0.3) is 0 Å². The minimum atomic E-state index is -0.419. The first-order valence-electron chi connectivity index (χ1n) is 9.00. The number of rotatable bonds is 7. The van der Waals surface area contributed by atoms with Crippen LogP contribution in [0.5, 0.6) is 11.5 Å². The molecule has 2 heterocycles. The topological polar surface area (TPSA) is 58.5 Å². The summed E-state index contributed by atoms with van der Waals surface area (Å²) >= 11 is 1.75. The average Bonchev–Trinajstić information content (AvgIpc) is 3.25. The van der Waals surface area contributed by atoms with Crippen LogP contribution >= 0.6 is 11.3 Å². The van der Waals surface area contributed by atoms with Gasteiger partial charge in [-0.2, -0.15) is 0 Å². The number of benzene rings is 1. The monoisotopic (exact) mass is 398 g/mol. The van der Waals surface area contributed by atoms with Gasteiger partial charge in [-0.1, -0.05) is 19.1 Å². The van der Waals surface area contributed by atoms with Crippen LogP contribution in [0.3, 0.4) is 0 Å². The van der Waals surface area contributed by atoms with Crippen molar-refractivity contribution in [3.63, 3.8) is 0 Å². The molecule has 0 fully saturated rings. The second-order valence-electron chi connectivity index (χ2n) is 6.28. The number of guanidine groups is 1. The molecule has 1 atom stereocenters. The maximum atomic E-state index is 14.3. The molecular weight excluding hydrogens is 375 g/mol. The van der Waals surface area contributed by atoms with Crippen molar-refractivity contribution < 1.29 is 9.13 Å². The van der Waals surface area contributed by atoms with Crippen LogP contribution in [0.15, 0.2) is 65.2 Å². The first-order chi connectivity index (χ1) is 13.7. The lowest BCUT2D eigenvalue weighted by Gasteiger charge is -2.15. The molecule has 1 unspecified atom stereocenters. The van der Waals surface area contributed by atoms with E-state index >= 15 is 0 Å². The summed E-state index contributed by atoms with van der Waals surface area (Å²) in [4.78, 5) is 9.51. The van der Waals surface area contributed by atoms with Gasteiger partial charge in [0.05, 0.1) is 6.20 Å². The van der Waals surface area contributed by atoms with Crippen molar-refractivity contribution in [2.45, 2.75) is 19.4 Å². The summed E-state index contributed by atoms with van der Waals surface area (Å²) in [6.45, 7) is 3.39. The number of ether oxygens (including phenoxy) is 1. The van der Waals surface area contributed by atoms with Crippen LogP contribution in [0.25, 0.3) is 0 Å². The smallest absolute Gasteiger partial charge is 0.191 e. The normalized spacial score (nSPS) is 12.5. The predicted molar refractivity (Wildman–Crippen MR) is 112 cm³/mol. The van der Waals surface area contributed by atoms with Crippen LogP contribution in [0.2, 0.25) is 0 Å². The van der Waals surface area contributed by atoms with Gasteiger partial charge in [-0.3, -0.25) is 9.98 Å². The minimum absolute atomic E-state index is 0.170. The van der Waals surface area contributed by atoms with E-state index in [9.17, 15) is 4.39 Å². The lowest BCUT2D eigenvalue weighted by atomic mass is 10.1. The van der Waals surface area contributed by atoms with E-state index in [2.05, 4.69) is 45.0 Å². The number of aliphatic imine (C=N–C) groups is 1. The highest BCUT2D eigenvalue weighted by Gasteiger charge is 2.09. The van der Waals surface area contributed by atoms with Crippen molar-refractivity contribution in [3.05, 3.63) is 76.5 Å². The summed E-state index contributed by atoms with van der Waals surface area (Å²) in [6.07, 6.45) is 3.18. The molecule has 146 valence electrons. The predicted octanol–water partition coefficient (Wildman–Crippen LogP) is 4.54. The highest BCUT2D eigenvalue weighted by atomic mass is 32.1. The zero-order chi connectivity index (χ0) is 19.8. The number of halogens is 1. The number of aromatic nitrogens is 1. The largest absolute Gasteiger partial charge is 0.453 e. The quantitative estimate of drug-likeness (QED) is 0.453. The third-order valence-corrected chi connectivity index (χ3v) is 5.25. The molecule has 0 aliphatic heterocycles. The molecule has 0 saturated carbocycles. The molecule has 3 rings (SSSR count). The van der Waals surface area contributed by atoms with Gasteiger partial charge in [-0.05, 0) is 41.3 Å². The van der Waals surface area contributed by atoms with Crippen molar-refractivity contribution in [3.8, 4) is 11.5 Å². The van der Waals surface area contributed by atoms with Crippen molar-refractivity contribution >= 4 is 17.3 Å². The Morgan fingerprint density at radius 2 is 2.14 bits per heavy atom. The summed E-state index contributed by atoms with van der Waals surface area (Å²) in [6, 6.07) is 12.6. The van der Waals surface area contributed by atoms with E-state index in [1.54, 1.807) is 49.0 Å². The minimum Gasteiger partial charge on any atom is -0.453 e. The highest BCUT2D eigenvalue weighted by Crippen LogP contribution is 2.24. The van der Waals surface area contributed by atoms with Gasteiger partial charge >= 0.3 is 0 Å². The van der Waals surface area contributed by atoms with Crippen LogP contribution in [0, 0.1) is 5.82 Å². The number of nitrogens with one attached hydrogen (secondary N) is 2. The molecule has 0 amide bonds. The molecule has 3 aromatic rings. The van der Waals surface area contributed by atoms with E-state index in [4.69, 9.17) is 4.74 Å². The molecule has 28 heavy (non-hydrogen) atoms. The Balaban J connectivity index is 1.52. The summed E-state index contributed by atoms with van der Waals surface area (Å²) < 4.78 is 19.9. The Morgan fingerprint density at radius 3 is 2.82 bits per heavy atom. The highest BCUT2D eigenvalue weighted by molar-refractivity contribution is 7.10. The van der Waals surface area contributed by atoms with Crippen LogP contribution < -0.4 is 15.4 Å². The summed E-state index contributed by atoms with van der Waals surface area (Å²) in [5.41, 5.74) is 0.797. The molecule has 0 bridgehead atoms. The van der Waals surface area contributed by atoms with E-state index in [1.807, 2.05) is 6.07 Å². The van der Waals surface area contributed by atoms with Gasteiger partial charge in [0.15, 0.2) is 17.5 Å². The summed E-state index contributed by atoms with van der Waals surface area (Å²) in [5.74, 6) is 1.32. The van der Waals surface area contributed by atoms with Gasteiger partial charge < -0.3 is 15.4 Å². The van der Waals surface area contributed by atoms with Crippen LogP contribution in [0.1, 0.15) is 23.3 Å². The molecule has 0 aliphatic rings. The van der Waals surface area contributed by atoms with Crippen molar-refractivity contribution in [2.75, 3.05) is 13.6 Å². The fourth-order valence-electron chi connectivity index (χ4n) is 2.60. The molecule has 7 heteroatoms. The fraction of sp³-hybridized carbons (Fsp3) is 0.238. The first kappa shape index (κ1) is 19.8. The Morgan fingerprint density at radius 1 is 1.25 bits per heavy atom. The third kappa shape index (κ3) is 5.53. The molecule has 0 radical (unpaired) electrons. The van der Waals surface area contributed by atoms with Crippen molar-refractivity contribution in [1.29, 1.82) is 0 Å². The zero-order valence-electron chi connectivity index (χ0n) is 15.9. The van der Waals surface area contributed by atoms with E-state index in [0.717, 1.165) is 12.1 Å². The van der Waals surface area contributed by atoms with E-state index in [-0.39, 0.29) is 5.75 Å². The van der Waals surface area contributed by atoms with Gasteiger partial charge in [0, 0.05) is 37.1 Å². The van der Waals surface area contributed by atoms with E-state index < -0.39 is 5.82 Å².